The molecule has 0 spiro atoms. The molecule has 1 aromatic rings. The van der Waals surface area contributed by atoms with Crippen molar-refractivity contribution in [3.63, 3.8) is 0 Å². The summed E-state index contributed by atoms with van der Waals surface area (Å²) in [6, 6.07) is 1.14. The Morgan fingerprint density at radius 2 is 1.50 bits per heavy atom. The predicted molar refractivity (Wildman–Crippen MR) is 40.1 cm³/mol. The second kappa shape index (κ2) is 5.38. The Morgan fingerprint density at radius 3 is 1.81 bits per heavy atom. The summed E-state index contributed by atoms with van der Waals surface area (Å²) in [7, 11) is 0. The molecule has 16 heavy (non-hydrogen) atoms. The quantitative estimate of drug-likeness (QED) is 0.494. The average Bonchev–Trinajstić information content (AvgIpc) is 1.99. The first-order chi connectivity index (χ1) is 6.64. The van der Waals surface area contributed by atoms with Gasteiger partial charge in [-0.3, -0.25) is 0 Å². The summed E-state index contributed by atoms with van der Waals surface area (Å²) in [5.74, 6) is -1.91. The molecule has 0 aliphatic heterocycles. The SMILES string of the molecule is Fc1cccc(C(F)(F)F)c1[B-](F)(F)F.[K+]. The van der Waals surface area contributed by atoms with Gasteiger partial charge in [0.15, 0.2) is 0 Å². The second-order valence-corrected chi connectivity index (χ2v) is 2.77. The molecule has 0 fully saturated rings. The molecule has 0 aliphatic rings. The smallest absolute Gasteiger partial charge is 0.445 e. The van der Waals surface area contributed by atoms with Crippen LogP contribution in [0.15, 0.2) is 18.2 Å². The fourth-order valence-corrected chi connectivity index (χ4v) is 1.12. The van der Waals surface area contributed by atoms with Gasteiger partial charge >= 0.3 is 64.5 Å². The summed E-state index contributed by atoms with van der Waals surface area (Å²) < 4.78 is 85.5. The average molecular weight is 270 g/mol. The number of hydrogen-bond donors (Lipinski definition) is 0. The molecule has 9 heteroatoms. The van der Waals surface area contributed by atoms with E-state index in [0.29, 0.717) is 12.1 Å². The van der Waals surface area contributed by atoms with Gasteiger partial charge in [0.2, 0.25) is 0 Å². The number of rotatable bonds is 1. The van der Waals surface area contributed by atoms with E-state index in [1.54, 1.807) is 0 Å². The summed E-state index contributed by atoms with van der Waals surface area (Å²) in [5.41, 5.74) is -4.21. The van der Waals surface area contributed by atoms with Crippen LogP contribution in [0.4, 0.5) is 30.5 Å². The van der Waals surface area contributed by atoms with Gasteiger partial charge in [0.05, 0.1) is 5.82 Å². The van der Waals surface area contributed by atoms with Gasteiger partial charge in [-0.1, -0.05) is 17.6 Å². The normalized spacial score (nSPS) is 12.2. The van der Waals surface area contributed by atoms with Gasteiger partial charge in [-0.25, -0.2) is 4.39 Å². The monoisotopic (exact) mass is 270 g/mol. The van der Waals surface area contributed by atoms with Crippen LogP contribution in [0.3, 0.4) is 0 Å². The van der Waals surface area contributed by atoms with Crippen LogP contribution in [0.25, 0.3) is 0 Å². The van der Waals surface area contributed by atoms with E-state index < -0.39 is 30.0 Å². The van der Waals surface area contributed by atoms with Gasteiger partial charge < -0.3 is 12.9 Å². The van der Waals surface area contributed by atoms with Crippen LogP contribution in [0.1, 0.15) is 5.56 Å². The first-order valence-corrected chi connectivity index (χ1v) is 3.69. The third-order valence-electron chi connectivity index (χ3n) is 1.69. The Kier molecular flexibility index (Phi) is 5.53. The Morgan fingerprint density at radius 1 is 1.00 bits per heavy atom. The molecule has 0 aliphatic carbocycles. The van der Waals surface area contributed by atoms with E-state index in [0.717, 1.165) is 0 Å². The largest absolute Gasteiger partial charge is 1.00 e. The first-order valence-electron chi connectivity index (χ1n) is 3.69. The molecule has 0 atom stereocenters. The maximum absolute atomic E-state index is 12.7. The Balaban J connectivity index is 0.00000225. The summed E-state index contributed by atoms with van der Waals surface area (Å²) in [4.78, 5) is 0. The fraction of sp³-hybridized carbons (Fsp3) is 0.143. The van der Waals surface area contributed by atoms with Gasteiger partial charge in [0, 0.05) is 5.56 Å². The van der Waals surface area contributed by atoms with E-state index in [9.17, 15) is 30.5 Å². The number of halogens is 7. The van der Waals surface area contributed by atoms with Crippen LogP contribution >= 0.6 is 0 Å². The van der Waals surface area contributed by atoms with Crippen LogP contribution in [-0.4, -0.2) is 6.98 Å². The number of hydrogen-bond acceptors (Lipinski definition) is 0. The maximum atomic E-state index is 12.7. The number of benzene rings is 1. The topological polar surface area (TPSA) is 0 Å². The van der Waals surface area contributed by atoms with Gasteiger partial charge in [-0.2, -0.15) is 13.2 Å². The third kappa shape index (κ3) is 3.73. The summed E-state index contributed by atoms with van der Waals surface area (Å²) in [5, 5.41) is 0. The van der Waals surface area contributed by atoms with Crippen molar-refractivity contribution >= 4 is 12.4 Å². The molecule has 0 radical (unpaired) electrons. The van der Waals surface area contributed by atoms with E-state index in [1.807, 2.05) is 0 Å². The molecule has 0 saturated carbocycles. The van der Waals surface area contributed by atoms with E-state index in [-0.39, 0.29) is 57.5 Å². The van der Waals surface area contributed by atoms with Crippen LogP contribution in [-0.2, 0) is 6.18 Å². The second-order valence-electron chi connectivity index (χ2n) is 2.77. The molecular weight excluding hydrogens is 267 g/mol. The van der Waals surface area contributed by atoms with Crippen molar-refractivity contribution < 1.29 is 81.9 Å². The number of alkyl halides is 3. The molecule has 0 heterocycles. The zero-order valence-electron chi connectivity index (χ0n) is 7.96. The molecular formula is C7H3BF7K. The molecule has 0 nitrogen and oxygen atoms in total. The zero-order chi connectivity index (χ0) is 11.9. The molecule has 0 bridgehead atoms. The Hall–Kier alpha value is 0.431. The molecule has 0 saturated heterocycles. The van der Waals surface area contributed by atoms with E-state index in [2.05, 4.69) is 0 Å². The van der Waals surface area contributed by atoms with Crippen LogP contribution in [0, 0.1) is 5.82 Å². The van der Waals surface area contributed by atoms with Crippen molar-refractivity contribution in [1.82, 2.24) is 0 Å². The van der Waals surface area contributed by atoms with E-state index in [1.165, 1.54) is 0 Å². The standard InChI is InChI=1S/C7H3BF7.K/c9-5-3-1-2-4(7(10,11)12)6(5)8(13,14)15;/h1-3H;/q-1;+1. The Bertz CT molecular complexity index is 370. The van der Waals surface area contributed by atoms with Gasteiger partial charge in [-0.15, -0.1) is 0 Å². The van der Waals surface area contributed by atoms with Gasteiger partial charge in [-0.05, 0) is 6.07 Å². The fourth-order valence-electron chi connectivity index (χ4n) is 1.12. The van der Waals surface area contributed by atoms with Gasteiger partial charge in [0.25, 0.3) is 0 Å². The molecule has 0 unspecified atom stereocenters. The summed E-state index contributed by atoms with van der Waals surface area (Å²) in [6.07, 6.45) is -5.21. The van der Waals surface area contributed by atoms with Crippen LogP contribution < -0.4 is 56.8 Å². The minimum absolute atomic E-state index is 0. The third-order valence-corrected chi connectivity index (χ3v) is 1.69. The van der Waals surface area contributed by atoms with Gasteiger partial charge in [0.1, 0.15) is 0 Å². The van der Waals surface area contributed by atoms with Crippen molar-refractivity contribution in [1.29, 1.82) is 0 Å². The molecule has 0 N–H and O–H groups in total. The molecule has 0 aromatic heterocycles. The van der Waals surface area contributed by atoms with Crippen molar-refractivity contribution in [2.24, 2.45) is 0 Å². The van der Waals surface area contributed by atoms with E-state index in [4.69, 9.17) is 0 Å². The van der Waals surface area contributed by atoms with Crippen LogP contribution in [0.5, 0.6) is 0 Å². The van der Waals surface area contributed by atoms with Crippen molar-refractivity contribution in [3.8, 4) is 0 Å². The maximum Gasteiger partial charge on any atom is 1.00 e. The minimum atomic E-state index is -6.02. The molecule has 84 valence electrons. The Labute approximate surface area is 129 Å². The van der Waals surface area contributed by atoms with Crippen molar-refractivity contribution in [3.05, 3.63) is 29.6 Å². The zero-order valence-corrected chi connectivity index (χ0v) is 11.1. The minimum Gasteiger partial charge on any atom is -0.445 e. The van der Waals surface area contributed by atoms with E-state index >= 15 is 0 Å². The molecule has 1 rings (SSSR count). The summed E-state index contributed by atoms with van der Waals surface area (Å²) in [6.45, 7) is -6.02. The van der Waals surface area contributed by atoms with Crippen LogP contribution in [0.2, 0.25) is 0 Å². The summed E-state index contributed by atoms with van der Waals surface area (Å²) >= 11 is 0. The molecule has 0 amide bonds. The molecule has 1 aromatic carbocycles. The predicted octanol–water partition coefficient (Wildman–Crippen LogP) is -0.0971. The van der Waals surface area contributed by atoms with Crippen molar-refractivity contribution in [2.45, 2.75) is 6.18 Å². The van der Waals surface area contributed by atoms with Crippen molar-refractivity contribution in [2.75, 3.05) is 0 Å². The first kappa shape index (κ1) is 16.4.